The summed E-state index contributed by atoms with van der Waals surface area (Å²) in [5.74, 6) is 0. The molecule has 0 aliphatic rings. The maximum absolute atomic E-state index is 12.8. The summed E-state index contributed by atoms with van der Waals surface area (Å²) in [5, 5.41) is 9.62. The Morgan fingerprint density at radius 2 is 1.85 bits per heavy atom. The number of thiophene rings is 1. The number of aromatic nitrogens is 4. The summed E-state index contributed by atoms with van der Waals surface area (Å²) in [4.78, 5) is 19.0. The van der Waals surface area contributed by atoms with E-state index in [4.69, 9.17) is 0 Å². The molecule has 0 aliphatic heterocycles. The Morgan fingerprint density at radius 1 is 1.11 bits per heavy atom. The fourth-order valence-corrected chi connectivity index (χ4v) is 4.08. The summed E-state index contributed by atoms with van der Waals surface area (Å²) in [7, 11) is 0. The summed E-state index contributed by atoms with van der Waals surface area (Å²) in [6, 6.07) is 9.94. The number of benzene rings is 1. The van der Waals surface area contributed by atoms with Crippen LogP contribution in [0.4, 0.5) is 0 Å². The first-order chi connectivity index (χ1) is 13.0. The molecule has 0 fully saturated rings. The van der Waals surface area contributed by atoms with Crippen LogP contribution in [0.3, 0.4) is 0 Å². The minimum atomic E-state index is -0.149. The van der Waals surface area contributed by atoms with Crippen molar-refractivity contribution in [1.82, 2.24) is 19.4 Å². The Labute approximate surface area is 160 Å². The topological polar surface area (TPSA) is 65.1 Å². The number of hydrogen-bond acceptors (Lipinski definition) is 5. The second-order valence-electron chi connectivity index (χ2n) is 6.43. The van der Waals surface area contributed by atoms with E-state index in [9.17, 15) is 4.79 Å². The second kappa shape index (κ2) is 6.59. The van der Waals surface area contributed by atoms with E-state index in [-0.39, 0.29) is 5.56 Å². The monoisotopic (exact) mass is 377 g/mol. The quantitative estimate of drug-likeness (QED) is 0.511. The smallest absolute Gasteiger partial charge is 0.267 e. The summed E-state index contributed by atoms with van der Waals surface area (Å²) < 4.78 is 3.17. The molecule has 0 aliphatic carbocycles. The van der Waals surface area contributed by atoms with Gasteiger partial charge in [-0.2, -0.15) is 14.9 Å². The minimum Gasteiger partial charge on any atom is -0.267 e. The fraction of sp³-hybridized carbons (Fsp3) is 0.200. The van der Waals surface area contributed by atoms with Gasteiger partial charge in [0.15, 0.2) is 0 Å². The predicted octanol–water partition coefficient (Wildman–Crippen LogP) is 3.76. The second-order valence-corrected chi connectivity index (χ2v) is 7.64. The number of para-hydroxylation sites is 1. The average Bonchev–Trinajstić information content (AvgIpc) is 3.12. The van der Waals surface area contributed by atoms with Crippen LogP contribution < -0.4 is 5.56 Å². The van der Waals surface area contributed by atoms with E-state index >= 15 is 0 Å². The molecule has 27 heavy (non-hydrogen) atoms. The molecule has 3 aromatic heterocycles. The lowest BCUT2D eigenvalue weighted by molar-refractivity contribution is 0.817. The highest BCUT2D eigenvalue weighted by Gasteiger charge is 2.13. The molecule has 4 rings (SSSR count). The Balaban J connectivity index is 1.77. The molecule has 0 spiro atoms. The highest BCUT2D eigenvalue weighted by atomic mass is 32.1. The first-order valence-electron chi connectivity index (χ1n) is 8.60. The molecule has 3 heterocycles. The summed E-state index contributed by atoms with van der Waals surface area (Å²) >= 11 is 1.53. The van der Waals surface area contributed by atoms with Crippen LogP contribution in [0.15, 0.2) is 46.6 Å². The van der Waals surface area contributed by atoms with Crippen molar-refractivity contribution in [3.8, 4) is 5.69 Å². The summed E-state index contributed by atoms with van der Waals surface area (Å²) in [5.41, 5.74) is 4.52. The van der Waals surface area contributed by atoms with Crippen LogP contribution in [0.1, 0.15) is 27.4 Å². The molecule has 0 saturated heterocycles. The van der Waals surface area contributed by atoms with Gasteiger partial charge in [-0.15, -0.1) is 11.3 Å². The standard InChI is InChI=1S/C20H19N5OS/c1-12-15(4)27-19-18(12)20(26)24(11-21-19)22-10-17-13(2)23-25(14(17)3)16-8-6-5-7-9-16/h5-11H,1-4H3/b22-10+. The number of fused-ring (bicyclic) bond motifs is 1. The van der Waals surface area contributed by atoms with Gasteiger partial charge in [-0.25, -0.2) is 9.67 Å². The molecule has 136 valence electrons. The third-order valence-electron chi connectivity index (χ3n) is 4.73. The van der Waals surface area contributed by atoms with E-state index in [1.54, 1.807) is 6.21 Å². The molecule has 0 radical (unpaired) electrons. The van der Waals surface area contributed by atoms with Crippen LogP contribution in [0.2, 0.25) is 0 Å². The van der Waals surface area contributed by atoms with Gasteiger partial charge < -0.3 is 0 Å². The van der Waals surface area contributed by atoms with Gasteiger partial charge in [0.1, 0.15) is 11.2 Å². The predicted molar refractivity (Wildman–Crippen MR) is 109 cm³/mol. The van der Waals surface area contributed by atoms with Crippen molar-refractivity contribution in [2.75, 3.05) is 0 Å². The molecule has 0 atom stereocenters. The number of hydrogen-bond donors (Lipinski definition) is 0. The van der Waals surface area contributed by atoms with Gasteiger partial charge in [-0.05, 0) is 45.4 Å². The SMILES string of the molecule is Cc1nn(-c2ccccc2)c(C)c1/C=N/n1cnc2sc(C)c(C)c2c1=O. The van der Waals surface area contributed by atoms with E-state index in [1.807, 2.05) is 62.7 Å². The van der Waals surface area contributed by atoms with Crippen molar-refractivity contribution in [2.24, 2.45) is 5.10 Å². The lowest BCUT2D eigenvalue weighted by Gasteiger charge is -2.03. The highest BCUT2D eigenvalue weighted by Crippen LogP contribution is 2.25. The average molecular weight is 377 g/mol. The molecule has 0 unspecified atom stereocenters. The van der Waals surface area contributed by atoms with Crippen molar-refractivity contribution >= 4 is 27.8 Å². The number of aryl methyl sites for hydroxylation is 3. The molecule has 4 aromatic rings. The lowest BCUT2D eigenvalue weighted by Crippen LogP contribution is -2.17. The van der Waals surface area contributed by atoms with Gasteiger partial charge in [0, 0.05) is 10.4 Å². The molecule has 6 nitrogen and oxygen atoms in total. The van der Waals surface area contributed by atoms with E-state index < -0.39 is 0 Å². The van der Waals surface area contributed by atoms with Gasteiger partial charge in [0.05, 0.1) is 28.7 Å². The Hall–Kier alpha value is -3.06. The summed E-state index contributed by atoms with van der Waals surface area (Å²) in [6.07, 6.45) is 3.16. The third kappa shape index (κ3) is 2.90. The first kappa shape index (κ1) is 17.4. The largest absolute Gasteiger partial charge is 0.282 e. The zero-order valence-electron chi connectivity index (χ0n) is 15.6. The molecular formula is C20H19N5OS. The maximum atomic E-state index is 12.8. The molecule has 7 heteroatoms. The van der Waals surface area contributed by atoms with E-state index in [2.05, 4.69) is 15.2 Å². The van der Waals surface area contributed by atoms with E-state index in [1.165, 1.54) is 22.3 Å². The van der Waals surface area contributed by atoms with Crippen LogP contribution >= 0.6 is 11.3 Å². The van der Waals surface area contributed by atoms with E-state index in [0.717, 1.165) is 37.9 Å². The van der Waals surface area contributed by atoms with Gasteiger partial charge in [0.2, 0.25) is 0 Å². The zero-order chi connectivity index (χ0) is 19.1. The van der Waals surface area contributed by atoms with Crippen LogP contribution in [0.25, 0.3) is 15.9 Å². The highest BCUT2D eigenvalue weighted by molar-refractivity contribution is 7.18. The summed E-state index contributed by atoms with van der Waals surface area (Å²) in [6.45, 7) is 7.87. The van der Waals surface area contributed by atoms with Crippen LogP contribution in [0.5, 0.6) is 0 Å². The van der Waals surface area contributed by atoms with Crippen molar-refractivity contribution in [3.05, 3.63) is 74.4 Å². The molecule has 0 bridgehead atoms. The van der Waals surface area contributed by atoms with E-state index in [0.29, 0.717) is 5.39 Å². The molecule has 0 saturated carbocycles. The molecular weight excluding hydrogens is 358 g/mol. The first-order valence-corrected chi connectivity index (χ1v) is 9.42. The lowest BCUT2D eigenvalue weighted by atomic mass is 10.2. The molecule has 0 amide bonds. The molecule has 1 aromatic carbocycles. The third-order valence-corrected chi connectivity index (χ3v) is 5.85. The zero-order valence-corrected chi connectivity index (χ0v) is 16.4. The van der Waals surface area contributed by atoms with Crippen molar-refractivity contribution < 1.29 is 0 Å². The van der Waals surface area contributed by atoms with Crippen LogP contribution in [-0.2, 0) is 0 Å². The van der Waals surface area contributed by atoms with Gasteiger partial charge in [-0.1, -0.05) is 18.2 Å². The van der Waals surface area contributed by atoms with Gasteiger partial charge >= 0.3 is 0 Å². The molecule has 0 N–H and O–H groups in total. The van der Waals surface area contributed by atoms with Crippen LogP contribution in [0, 0.1) is 27.7 Å². The number of nitrogens with zero attached hydrogens (tertiary/aromatic N) is 5. The normalized spacial score (nSPS) is 11.7. The van der Waals surface area contributed by atoms with Gasteiger partial charge in [0.25, 0.3) is 5.56 Å². The Morgan fingerprint density at radius 3 is 2.59 bits per heavy atom. The van der Waals surface area contributed by atoms with Crippen molar-refractivity contribution in [3.63, 3.8) is 0 Å². The van der Waals surface area contributed by atoms with Crippen LogP contribution in [-0.4, -0.2) is 25.7 Å². The van der Waals surface area contributed by atoms with Crippen molar-refractivity contribution in [1.29, 1.82) is 0 Å². The van der Waals surface area contributed by atoms with Gasteiger partial charge in [-0.3, -0.25) is 4.79 Å². The van der Waals surface area contributed by atoms with Crippen molar-refractivity contribution in [2.45, 2.75) is 27.7 Å². The number of rotatable bonds is 3. The minimum absolute atomic E-state index is 0.149. The Bertz CT molecular complexity index is 1230. The Kier molecular flexibility index (Phi) is 4.24. The fourth-order valence-electron chi connectivity index (χ4n) is 3.09. The maximum Gasteiger partial charge on any atom is 0.282 e.